The second-order valence-corrected chi connectivity index (χ2v) is 8.70. The van der Waals surface area contributed by atoms with Crippen LogP contribution in [0.15, 0.2) is 64.3 Å². The van der Waals surface area contributed by atoms with Gasteiger partial charge >= 0.3 is 5.97 Å². The van der Waals surface area contributed by atoms with Gasteiger partial charge in [-0.1, -0.05) is 25.1 Å². The van der Waals surface area contributed by atoms with Gasteiger partial charge in [0, 0.05) is 40.1 Å². The number of benzene rings is 1. The summed E-state index contributed by atoms with van der Waals surface area (Å²) in [4.78, 5) is 27.4. The molecule has 4 nitrogen and oxygen atoms in total. The maximum Gasteiger partial charge on any atom is 0.336 e. The quantitative estimate of drug-likeness (QED) is 0.669. The van der Waals surface area contributed by atoms with Crippen molar-refractivity contribution in [2.24, 2.45) is 0 Å². The van der Waals surface area contributed by atoms with E-state index in [2.05, 4.69) is 11.4 Å². The van der Waals surface area contributed by atoms with Crippen LogP contribution in [0.4, 0.5) is 4.39 Å². The van der Waals surface area contributed by atoms with Gasteiger partial charge in [0.2, 0.25) is 0 Å². The van der Waals surface area contributed by atoms with Crippen molar-refractivity contribution in [1.29, 1.82) is 0 Å². The number of carbonyl (C=O) groups is 2. The highest BCUT2D eigenvalue weighted by molar-refractivity contribution is 7.10. The third kappa shape index (κ3) is 3.84. The van der Waals surface area contributed by atoms with Crippen molar-refractivity contribution >= 4 is 23.1 Å². The van der Waals surface area contributed by atoms with Gasteiger partial charge in [0.1, 0.15) is 5.82 Å². The summed E-state index contributed by atoms with van der Waals surface area (Å²) < 4.78 is 19.0. The summed E-state index contributed by atoms with van der Waals surface area (Å²) in [5, 5.41) is 5.35. The Morgan fingerprint density at radius 3 is 2.67 bits per heavy atom. The number of nitrogens with one attached hydrogen (secondary N) is 1. The molecule has 156 valence electrons. The van der Waals surface area contributed by atoms with Crippen LogP contribution in [0.5, 0.6) is 0 Å². The van der Waals surface area contributed by atoms with E-state index in [0.717, 1.165) is 11.3 Å². The molecule has 6 heteroatoms. The molecule has 0 spiro atoms. The van der Waals surface area contributed by atoms with Gasteiger partial charge in [-0.2, -0.15) is 0 Å². The third-order valence-electron chi connectivity index (χ3n) is 5.63. The molecule has 0 radical (unpaired) electrons. The number of ether oxygens (including phenoxy) is 1. The molecule has 1 aromatic heterocycles. The number of allylic oxidation sites excluding steroid dienone is 3. The topological polar surface area (TPSA) is 55.4 Å². The van der Waals surface area contributed by atoms with E-state index in [4.69, 9.17) is 4.74 Å². The summed E-state index contributed by atoms with van der Waals surface area (Å²) in [6, 6.07) is 10.1. The largest absolute Gasteiger partial charge is 0.462 e. The molecule has 2 atom stereocenters. The van der Waals surface area contributed by atoms with Gasteiger partial charge in [-0.3, -0.25) is 4.79 Å². The first-order chi connectivity index (χ1) is 14.5. The van der Waals surface area contributed by atoms with Gasteiger partial charge in [-0.25, -0.2) is 9.18 Å². The lowest BCUT2D eigenvalue weighted by atomic mass is 9.72. The van der Waals surface area contributed by atoms with Crippen molar-refractivity contribution in [2.45, 2.75) is 44.9 Å². The molecular weight excluding hydrogens is 401 g/mol. The van der Waals surface area contributed by atoms with Crippen molar-refractivity contribution in [3.63, 3.8) is 0 Å². The van der Waals surface area contributed by atoms with Crippen LogP contribution in [0, 0.1) is 5.82 Å². The monoisotopic (exact) mass is 425 g/mol. The van der Waals surface area contributed by atoms with Crippen LogP contribution in [0.3, 0.4) is 0 Å². The highest BCUT2D eigenvalue weighted by Gasteiger charge is 2.41. The predicted octanol–water partition coefficient (Wildman–Crippen LogP) is 5.20. The van der Waals surface area contributed by atoms with E-state index < -0.39 is 11.9 Å². The van der Waals surface area contributed by atoms with Crippen LogP contribution in [-0.2, 0) is 14.3 Å². The number of hydrogen-bond acceptors (Lipinski definition) is 5. The molecule has 0 saturated heterocycles. The minimum Gasteiger partial charge on any atom is -0.462 e. The molecule has 0 unspecified atom stereocenters. The molecule has 1 N–H and O–H groups in total. The summed E-state index contributed by atoms with van der Waals surface area (Å²) in [7, 11) is 0. The smallest absolute Gasteiger partial charge is 0.336 e. The highest BCUT2D eigenvalue weighted by Crippen LogP contribution is 2.46. The molecule has 2 aliphatic rings. The fourth-order valence-corrected chi connectivity index (χ4v) is 5.13. The van der Waals surface area contributed by atoms with E-state index in [1.165, 1.54) is 17.0 Å². The molecule has 0 bridgehead atoms. The predicted molar refractivity (Wildman–Crippen MR) is 115 cm³/mol. The number of rotatable bonds is 5. The minimum absolute atomic E-state index is 0.0183. The Kier molecular flexibility index (Phi) is 5.86. The van der Waals surface area contributed by atoms with E-state index in [-0.39, 0.29) is 17.5 Å². The van der Waals surface area contributed by atoms with Gasteiger partial charge < -0.3 is 10.1 Å². The molecular formula is C24H24FNO3S. The van der Waals surface area contributed by atoms with Crippen LogP contribution < -0.4 is 5.32 Å². The Balaban J connectivity index is 1.78. The van der Waals surface area contributed by atoms with Crippen LogP contribution in [-0.4, -0.2) is 18.4 Å². The molecule has 2 heterocycles. The first kappa shape index (κ1) is 20.5. The van der Waals surface area contributed by atoms with Crippen molar-refractivity contribution < 1.29 is 18.7 Å². The molecule has 2 aromatic rings. The van der Waals surface area contributed by atoms with Crippen LogP contribution in [0.1, 0.15) is 55.4 Å². The summed E-state index contributed by atoms with van der Waals surface area (Å²) in [5.74, 6) is -1.20. The molecule has 0 fully saturated rings. The number of esters is 1. The zero-order valence-electron chi connectivity index (χ0n) is 17.0. The molecule has 1 aliphatic heterocycles. The van der Waals surface area contributed by atoms with E-state index in [1.807, 2.05) is 25.3 Å². The van der Waals surface area contributed by atoms with E-state index in [1.54, 1.807) is 23.5 Å². The van der Waals surface area contributed by atoms with Gasteiger partial charge in [-0.15, -0.1) is 11.3 Å². The summed E-state index contributed by atoms with van der Waals surface area (Å²) in [6.45, 7) is 4.08. The number of halogens is 1. The van der Waals surface area contributed by atoms with E-state index in [0.29, 0.717) is 42.7 Å². The maximum absolute atomic E-state index is 13.6. The Morgan fingerprint density at radius 2 is 2.00 bits per heavy atom. The molecule has 30 heavy (non-hydrogen) atoms. The second-order valence-electron chi connectivity index (χ2n) is 7.72. The molecule has 1 aromatic carbocycles. The Morgan fingerprint density at radius 1 is 1.23 bits per heavy atom. The molecule has 1 aliphatic carbocycles. The first-order valence-electron chi connectivity index (χ1n) is 10.2. The Hall–Kier alpha value is -2.73. The number of ketones is 1. The maximum atomic E-state index is 13.6. The molecule has 0 saturated carbocycles. The van der Waals surface area contributed by atoms with Crippen LogP contribution in [0.2, 0.25) is 0 Å². The normalized spacial score (nSPS) is 21.4. The summed E-state index contributed by atoms with van der Waals surface area (Å²) >= 11 is 1.65. The van der Waals surface area contributed by atoms with Gasteiger partial charge in [0.25, 0.3) is 0 Å². The standard InChI is InChI=1S/C24H24FNO3S/c1-3-10-29-24(28)21-14(2)26-18-12-16(20-5-4-11-30-20)13-19(27)23(18)22(21)15-6-8-17(25)9-7-15/h4-9,11,16,22,26H,3,10,12-13H2,1-2H3/t16-,22+/m0/s1. The zero-order valence-corrected chi connectivity index (χ0v) is 17.9. The van der Waals surface area contributed by atoms with E-state index >= 15 is 0 Å². The SMILES string of the molecule is CCCOC(=O)C1=C(C)NC2=C(C(=O)C[C@@H](c3cccs3)C2)[C@@H]1c1ccc(F)cc1. The fourth-order valence-electron chi connectivity index (χ4n) is 4.30. The van der Waals surface area contributed by atoms with E-state index in [9.17, 15) is 14.0 Å². The van der Waals surface area contributed by atoms with Gasteiger partial charge in [0.15, 0.2) is 5.78 Å². The summed E-state index contributed by atoms with van der Waals surface area (Å²) in [5.41, 5.74) is 3.28. The number of hydrogen-bond donors (Lipinski definition) is 1. The minimum atomic E-state index is -0.553. The fraction of sp³-hybridized carbons (Fsp3) is 0.333. The second kappa shape index (κ2) is 8.56. The average Bonchev–Trinajstić information content (AvgIpc) is 3.26. The highest BCUT2D eigenvalue weighted by atomic mass is 32.1. The summed E-state index contributed by atoms with van der Waals surface area (Å²) in [6.07, 6.45) is 1.81. The average molecular weight is 426 g/mol. The number of thiophene rings is 1. The van der Waals surface area contributed by atoms with Gasteiger partial charge in [-0.05, 0) is 48.9 Å². The Labute approximate surface area is 179 Å². The van der Waals surface area contributed by atoms with Gasteiger partial charge in [0.05, 0.1) is 12.2 Å². The lowest BCUT2D eigenvalue weighted by Gasteiger charge is -2.36. The van der Waals surface area contributed by atoms with Crippen molar-refractivity contribution in [3.8, 4) is 0 Å². The zero-order chi connectivity index (χ0) is 21.3. The third-order valence-corrected chi connectivity index (χ3v) is 6.67. The number of dihydropyridines is 1. The van der Waals surface area contributed by atoms with Crippen molar-refractivity contribution in [2.75, 3.05) is 6.61 Å². The van der Waals surface area contributed by atoms with Crippen molar-refractivity contribution in [1.82, 2.24) is 5.32 Å². The lowest BCUT2D eigenvalue weighted by molar-refractivity contribution is -0.139. The van der Waals surface area contributed by atoms with Crippen LogP contribution >= 0.6 is 11.3 Å². The molecule has 0 amide bonds. The van der Waals surface area contributed by atoms with Crippen molar-refractivity contribution in [3.05, 3.63) is 80.6 Å². The molecule has 4 rings (SSSR count). The first-order valence-corrected chi connectivity index (χ1v) is 11.1. The lowest BCUT2D eigenvalue weighted by Crippen LogP contribution is -2.36. The number of carbonyl (C=O) groups excluding carboxylic acids is 2. The Bertz CT molecular complexity index is 1020. The van der Waals surface area contributed by atoms with Crippen LogP contribution in [0.25, 0.3) is 0 Å². The number of Topliss-reactive ketones (excluding diaryl/α,β-unsaturated/α-hetero) is 1.